The minimum atomic E-state index is -2.78. The summed E-state index contributed by atoms with van der Waals surface area (Å²) in [6.07, 6.45) is 4.60. The van der Waals surface area contributed by atoms with Crippen molar-refractivity contribution in [3.63, 3.8) is 0 Å². The van der Waals surface area contributed by atoms with E-state index in [9.17, 15) is 13.2 Å². The van der Waals surface area contributed by atoms with Crippen LogP contribution in [0.4, 0.5) is 0 Å². The first kappa shape index (κ1) is 14.3. The van der Waals surface area contributed by atoms with Crippen LogP contribution < -0.4 is 4.89 Å². The van der Waals surface area contributed by atoms with Crippen molar-refractivity contribution in [2.24, 2.45) is 5.92 Å². The minimum absolute atomic E-state index is 0.0365. The van der Waals surface area contributed by atoms with Gasteiger partial charge in [0, 0.05) is 5.41 Å². The molecule has 8 heteroatoms. The highest BCUT2D eigenvalue weighted by atomic mass is 32.2. The van der Waals surface area contributed by atoms with Gasteiger partial charge in [-0.05, 0) is 5.92 Å². The molecule has 0 aliphatic carbocycles. The number of nitrogens with zero attached hydrogens (tertiary/aromatic N) is 2. The quantitative estimate of drug-likeness (QED) is 0.480. The summed E-state index contributed by atoms with van der Waals surface area (Å²) < 4.78 is 21.1. The van der Waals surface area contributed by atoms with Crippen molar-refractivity contribution in [2.75, 3.05) is 5.75 Å². The summed E-state index contributed by atoms with van der Waals surface area (Å²) >= 11 is 0. The molecule has 1 N–H and O–H groups in total. The summed E-state index contributed by atoms with van der Waals surface area (Å²) in [5.41, 5.74) is 0.195. The molecule has 2 heterocycles. The fraction of sp³-hybridized carbons (Fsp3) is 0.300. The maximum atomic E-state index is 10.6. The van der Waals surface area contributed by atoms with E-state index in [2.05, 4.69) is 14.9 Å². The van der Waals surface area contributed by atoms with E-state index in [1.807, 2.05) is 6.92 Å². The van der Waals surface area contributed by atoms with Crippen LogP contribution in [0.25, 0.3) is 0 Å². The lowest BCUT2D eigenvalue weighted by atomic mass is 10.2. The largest absolute Gasteiger partial charge is 0.318 e. The van der Waals surface area contributed by atoms with Crippen molar-refractivity contribution in [1.29, 1.82) is 0 Å². The topological polar surface area (TPSA) is 106 Å². The molecule has 0 bridgehead atoms. The Labute approximate surface area is 104 Å². The highest BCUT2D eigenvalue weighted by Crippen LogP contribution is 2.12. The summed E-state index contributed by atoms with van der Waals surface area (Å²) in [6, 6.07) is 0. The number of sulfone groups is 1. The Morgan fingerprint density at radius 2 is 2.17 bits per heavy atom. The van der Waals surface area contributed by atoms with Gasteiger partial charge >= 0.3 is 0 Å². The van der Waals surface area contributed by atoms with Crippen molar-refractivity contribution >= 4 is 16.1 Å². The highest BCUT2D eigenvalue weighted by molar-refractivity contribution is 7.94. The fourth-order valence-corrected chi connectivity index (χ4v) is 2.63. The van der Waals surface area contributed by atoms with Crippen LogP contribution in [0.15, 0.2) is 23.9 Å². The Morgan fingerprint density at radius 3 is 2.44 bits per heavy atom. The Morgan fingerprint density at radius 1 is 1.44 bits per heavy atom. The average molecular weight is 272 g/mol. The van der Waals surface area contributed by atoms with Crippen LogP contribution in [0.3, 0.4) is 0 Å². The molecule has 1 aliphatic rings. The van der Waals surface area contributed by atoms with Gasteiger partial charge in [-0.25, -0.2) is 23.6 Å². The molecule has 0 amide bonds. The lowest BCUT2D eigenvalue weighted by Gasteiger charge is -1.91. The highest BCUT2D eigenvalue weighted by Gasteiger charge is 2.16. The Hall–Kier alpha value is -1.80. The summed E-state index contributed by atoms with van der Waals surface area (Å²) in [5.74, 6) is 0.484. The summed E-state index contributed by atoms with van der Waals surface area (Å²) in [6.45, 7) is 1.89. The number of hydrogen-bond acceptors (Lipinski definition) is 7. The standard InChI is InChI=1S/C5H4N2O3.C5H8O2S/c8-3-4-1-7-5(10-9)2-6-4;1-5-2-3-8(6,7)4-5/h1-3,9H;2-3,5H,4H2,1H3. The summed E-state index contributed by atoms with van der Waals surface area (Å²) in [7, 11) is -2.78. The monoisotopic (exact) mass is 272 g/mol. The van der Waals surface area contributed by atoms with E-state index >= 15 is 0 Å². The summed E-state index contributed by atoms with van der Waals surface area (Å²) in [4.78, 5) is 20.8. The molecule has 1 atom stereocenters. The van der Waals surface area contributed by atoms with Gasteiger partial charge < -0.3 is 4.89 Å². The van der Waals surface area contributed by atoms with E-state index in [4.69, 9.17) is 5.26 Å². The van der Waals surface area contributed by atoms with Gasteiger partial charge in [0.25, 0.3) is 5.88 Å². The molecule has 0 fully saturated rings. The molecule has 0 aromatic carbocycles. The number of rotatable bonds is 2. The van der Waals surface area contributed by atoms with Crippen molar-refractivity contribution in [3.05, 3.63) is 29.6 Å². The van der Waals surface area contributed by atoms with E-state index in [1.165, 1.54) is 11.6 Å². The van der Waals surface area contributed by atoms with E-state index in [0.717, 1.165) is 6.20 Å². The third-order valence-corrected chi connectivity index (χ3v) is 3.53. The van der Waals surface area contributed by atoms with Gasteiger partial charge in [0.05, 0.1) is 18.1 Å². The lowest BCUT2D eigenvalue weighted by Crippen LogP contribution is -2.00. The second-order valence-corrected chi connectivity index (χ2v) is 5.56. The first-order valence-corrected chi connectivity index (χ1v) is 6.68. The van der Waals surface area contributed by atoms with Crippen molar-refractivity contribution in [2.45, 2.75) is 6.92 Å². The zero-order valence-electron chi connectivity index (χ0n) is 9.55. The number of aldehydes is 1. The molecule has 1 unspecified atom stereocenters. The number of carbonyl (C=O) groups excluding carboxylic acids is 1. The van der Waals surface area contributed by atoms with Crippen molar-refractivity contribution < 1.29 is 23.4 Å². The molecule has 0 saturated heterocycles. The molecule has 1 aliphatic heterocycles. The van der Waals surface area contributed by atoms with Gasteiger partial charge in [0.15, 0.2) is 16.1 Å². The van der Waals surface area contributed by atoms with Gasteiger partial charge in [-0.2, -0.15) is 0 Å². The first-order valence-electron chi connectivity index (χ1n) is 4.96. The smallest absolute Gasteiger partial charge is 0.274 e. The molecular formula is C10H12N2O5S. The SMILES string of the molecule is CC1C=CS(=O)(=O)C1.O=Cc1cnc(OO)cn1. The van der Waals surface area contributed by atoms with E-state index in [1.54, 1.807) is 6.08 Å². The van der Waals surface area contributed by atoms with Crippen LogP contribution in [0.2, 0.25) is 0 Å². The maximum absolute atomic E-state index is 10.6. The zero-order chi connectivity index (χ0) is 13.6. The van der Waals surface area contributed by atoms with E-state index in [-0.39, 0.29) is 17.5 Å². The van der Waals surface area contributed by atoms with Gasteiger partial charge in [0.2, 0.25) is 0 Å². The molecule has 0 saturated carbocycles. The fourth-order valence-electron chi connectivity index (χ4n) is 1.17. The maximum Gasteiger partial charge on any atom is 0.274 e. The number of hydrogen-bond donors (Lipinski definition) is 1. The van der Waals surface area contributed by atoms with E-state index in [0.29, 0.717) is 12.0 Å². The molecular weight excluding hydrogens is 260 g/mol. The molecule has 18 heavy (non-hydrogen) atoms. The number of carbonyl (C=O) groups is 1. The van der Waals surface area contributed by atoms with Crippen molar-refractivity contribution in [1.82, 2.24) is 9.97 Å². The molecule has 98 valence electrons. The normalized spacial score (nSPS) is 19.8. The predicted octanol–water partition coefficient (Wildman–Crippen LogP) is 0.706. The second kappa shape index (κ2) is 6.22. The van der Waals surface area contributed by atoms with Crippen molar-refractivity contribution in [3.8, 4) is 5.88 Å². The first-order chi connectivity index (χ1) is 8.46. The summed E-state index contributed by atoms with van der Waals surface area (Å²) in [5, 5.41) is 9.30. The molecule has 1 aromatic rings. The number of allylic oxidation sites excluding steroid dienone is 1. The van der Waals surface area contributed by atoms with Gasteiger partial charge in [-0.1, -0.05) is 13.0 Å². The van der Waals surface area contributed by atoms with E-state index < -0.39 is 9.84 Å². The van der Waals surface area contributed by atoms with Crippen LogP contribution in [0, 0.1) is 5.92 Å². The van der Waals surface area contributed by atoms with Crippen LogP contribution in [-0.4, -0.2) is 35.7 Å². The Kier molecular flexibility index (Phi) is 4.93. The zero-order valence-corrected chi connectivity index (χ0v) is 10.4. The molecule has 7 nitrogen and oxygen atoms in total. The third-order valence-electron chi connectivity index (χ3n) is 1.97. The van der Waals surface area contributed by atoms with Gasteiger partial charge in [-0.3, -0.25) is 4.79 Å². The van der Waals surface area contributed by atoms with Crippen LogP contribution in [0.1, 0.15) is 17.4 Å². The van der Waals surface area contributed by atoms with Gasteiger partial charge in [0.1, 0.15) is 5.69 Å². The van der Waals surface area contributed by atoms with Crippen LogP contribution >= 0.6 is 0 Å². The molecule has 0 radical (unpaired) electrons. The third kappa shape index (κ3) is 4.60. The predicted molar refractivity (Wildman–Crippen MR) is 62.8 cm³/mol. The lowest BCUT2D eigenvalue weighted by molar-refractivity contribution is -0.142. The molecule has 1 aromatic heterocycles. The average Bonchev–Trinajstić information content (AvgIpc) is 2.68. The molecule has 2 rings (SSSR count). The number of aromatic nitrogens is 2. The molecule has 0 spiro atoms. The Balaban J connectivity index is 0.000000184. The van der Waals surface area contributed by atoms with Gasteiger partial charge in [-0.15, -0.1) is 0 Å². The second-order valence-electron chi connectivity index (χ2n) is 3.62. The Bertz CT molecular complexity index is 524. The van der Waals surface area contributed by atoms with Crippen LogP contribution in [-0.2, 0) is 9.84 Å². The minimum Gasteiger partial charge on any atom is -0.318 e. The van der Waals surface area contributed by atoms with Crippen LogP contribution in [0.5, 0.6) is 5.88 Å².